The zero-order chi connectivity index (χ0) is 14.3. The van der Waals surface area contributed by atoms with E-state index in [1.54, 1.807) is 0 Å². The molecule has 1 saturated heterocycles. The maximum Gasteiger partial charge on any atom is 0.255 e. The summed E-state index contributed by atoms with van der Waals surface area (Å²) >= 11 is 0. The van der Waals surface area contributed by atoms with Crippen LogP contribution in [0.25, 0.3) is 5.69 Å². The number of para-hydroxylation sites is 1. The summed E-state index contributed by atoms with van der Waals surface area (Å²) in [6.45, 7) is 7.99. The summed E-state index contributed by atoms with van der Waals surface area (Å²) in [6.07, 6.45) is 1.13. The van der Waals surface area contributed by atoms with E-state index >= 15 is 0 Å². The van der Waals surface area contributed by atoms with Crippen molar-refractivity contribution in [1.82, 2.24) is 9.47 Å². The second-order valence-corrected chi connectivity index (χ2v) is 5.55. The minimum atomic E-state index is 0.171. The lowest BCUT2D eigenvalue weighted by Crippen LogP contribution is -2.42. The molecule has 1 fully saturated rings. The third kappa shape index (κ3) is 1.94. The molecule has 3 nitrogen and oxygen atoms in total. The molecule has 0 bridgehead atoms. The Hall–Kier alpha value is -2.03. The lowest BCUT2D eigenvalue weighted by molar-refractivity contribution is 0.0651. The van der Waals surface area contributed by atoms with Gasteiger partial charge in [-0.15, -0.1) is 0 Å². The summed E-state index contributed by atoms with van der Waals surface area (Å²) in [5.41, 5.74) is 5.36. The first-order valence-electron chi connectivity index (χ1n) is 7.14. The molecule has 0 saturated carbocycles. The fourth-order valence-electron chi connectivity index (χ4n) is 2.85. The minimum absolute atomic E-state index is 0.171. The molecule has 1 aromatic carbocycles. The monoisotopic (exact) mass is 268 g/mol. The van der Waals surface area contributed by atoms with Crippen molar-refractivity contribution in [3.8, 4) is 5.69 Å². The van der Waals surface area contributed by atoms with E-state index in [1.165, 1.54) is 5.56 Å². The summed E-state index contributed by atoms with van der Waals surface area (Å²) in [5, 5.41) is 0. The number of hydrogen-bond donors (Lipinski definition) is 0. The van der Waals surface area contributed by atoms with Gasteiger partial charge < -0.3 is 9.47 Å². The highest BCUT2D eigenvalue weighted by Gasteiger charge is 2.25. The number of benzene rings is 1. The van der Waals surface area contributed by atoms with Crippen molar-refractivity contribution in [2.45, 2.75) is 27.2 Å². The highest BCUT2D eigenvalue weighted by molar-refractivity contribution is 5.96. The van der Waals surface area contributed by atoms with E-state index in [4.69, 9.17) is 0 Å². The van der Waals surface area contributed by atoms with Crippen LogP contribution < -0.4 is 0 Å². The Morgan fingerprint density at radius 1 is 1.10 bits per heavy atom. The van der Waals surface area contributed by atoms with Crippen LogP contribution in [0.3, 0.4) is 0 Å². The van der Waals surface area contributed by atoms with Crippen LogP contribution >= 0.6 is 0 Å². The van der Waals surface area contributed by atoms with Gasteiger partial charge in [-0.3, -0.25) is 4.79 Å². The molecule has 0 N–H and O–H groups in total. The number of carbonyl (C=O) groups excluding carboxylic acids is 1. The number of amides is 1. The smallest absolute Gasteiger partial charge is 0.255 e. The van der Waals surface area contributed by atoms with Gasteiger partial charge in [0.2, 0.25) is 0 Å². The van der Waals surface area contributed by atoms with Crippen molar-refractivity contribution in [3.05, 3.63) is 52.8 Å². The molecule has 20 heavy (non-hydrogen) atoms. The number of aromatic nitrogens is 1. The first-order valence-corrected chi connectivity index (χ1v) is 7.14. The average molecular weight is 268 g/mol. The van der Waals surface area contributed by atoms with Crippen LogP contribution in [0.2, 0.25) is 0 Å². The third-order valence-electron chi connectivity index (χ3n) is 4.16. The Kier molecular flexibility index (Phi) is 3.13. The molecule has 3 rings (SSSR count). The SMILES string of the molecule is Cc1ccccc1-n1c(C)cc(C(=O)N2CCC2)c1C. The van der Waals surface area contributed by atoms with E-state index in [0.29, 0.717) is 0 Å². The van der Waals surface area contributed by atoms with E-state index in [9.17, 15) is 4.79 Å². The molecule has 1 aromatic heterocycles. The van der Waals surface area contributed by atoms with Gasteiger partial charge >= 0.3 is 0 Å². The Morgan fingerprint density at radius 3 is 2.40 bits per heavy atom. The third-order valence-corrected chi connectivity index (χ3v) is 4.16. The fourth-order valence-corrected chi connectivity index (χ4v) is 2.85. The molecule has 0 aliphatic carbocycles. The van der Waals surface area contributed by atoms with Gasteiger partial charge in [-0.2, -0.15) is 0 Å². The predicted molar refractivity (Wildman–Crippen MR) is 80.5 cm³/mol. The van der Waals surface area contributed by atoms with Crippen LogP contribution in [0, 0.1) is 20.8 Å². The van der Waals surface area contributed by atoms with Gasteiger partial charge in [0.05, 0.1) is 5.56 Å². The van der Waals surface area contributed by atoms with E-state index in [-0.39, 0.29) is 5.91 Å². The zero-order valence-corrected chi connectivity index (χ0v) is 12.3. The van der Waals surface area contributed by atoms with E-state index in [1.807, 2.05) is 30.0 Å². The summed E-state index contributed by atoms with van der Waals surface area (Å²) < 4.78 is 2.18. The van der Waals surface area contributed by atoms with Crippen LogP contribution in [0.4, 0.5) is 0 Å². The highest BCUT2D eigenvalue weighted by Crippen LogP contribution is 2.25. The van der Waals surface area contributed by atoms with Crippen molar-refractivity contribution in [2.75, 3.05) is 13.1 Å². The molecule has 1 aliphatic heterocycles. The lowest BCUT2D eigenvalue weighted by atomic mass is 10.1. The minimum Gasteiger partial charge on any atom is -0.338 e. The fraction of sp³-hybridized carbons (Fsp3) is 0.353. The predicted octanol–water partition coefficient (Wildman–Crippen LogP) is 3.25. The molecule has 2 aromatic rings. The van der Waals surface area contributed by atoms with E-state index < -0.39 is 0 Å². The lowest BCUT2D eigenvalue weighted by Gasteiger charge is -2.30. The number of carbonyl (C=O) groups is 1. The maximum atomic E-state index is 12.4. The van der Waals surface area contributed by atoms with E-state index in [2.05, 4.69) is 30.5 Å². The average Bonchev–Trinajstić information content (AvgIpc) is 2.64. The van der Waals surface area contributed by atoms with Crippen molar-refractivity contribution < 1.29 is 4.79 Å². The Balaban J connectivity index is 2.07. The van der Waals surface area contributed by atoms with Gasteiger partial charge in [0.25, 0.3) is 5.91 Å². The van der Waals surface area contributed by atoms with Crippen LogP contribution in [0.15, 0.2) is 30.3 Å². The molecule has 0 atom stereocenters. The number of aryl methyl sites for hydroxylation is 2. The highest BCUT2D eigenvalue weighted by atomic mass is 16.2. The largest absolute Gasteiger partial charge is 0.338 e. The van der Waals surface area contributed by atoms with Crippen LogP contribution in [0.1, 0.15) is 33.7 Å². The Bertz CT molecular complexity index is 666. The summed E-state index contributed by atoms with van der Waals surface area (Å²) in [4.78, 5) is 14.4. The number of hydrogen-bond acceptors (Lipinski definition) is 1. The van der Waals surface area contributed by atoms with Crippen LogP contribution in [0.5, 0.6) is 0 Å². The van der Waals surface area contributed by atoms with Crippen LogP contribution in [-0.2, 0) is 0 Å². The molecule has 3 heteroatoms. The van der Waals surface area contributed by atoms with Crippen LogP contribution in [-0.4, -0.2) is 28.5 Å². The van der Waals surface area contributed by atoms with Crippen molar-refractivity contribution in [3.63, 3.8) is 0 Å². The van der Waals surface area contributed by atoms with Gasteiger partial charge in [-0.25, -0.2) is 0 Å². The summed E-state index contributed by atoms with van der Waals surface area (Å²) in [5.74, 6) is 0.171. The molecule has 0 spiro atoms. The molecule has 104 valence electrons. The first-order chi connectivity index (χ1) is 9.59. The number of rotatable bonds is 2. The van der Waals surface area contributed by atoms with Crippen molar-refractivity contribution in [1.29, 1.82) is 0 Å². The number of nitrogens with zero attached hydrogens (tertiary/aromatic N) is 2. The summed E-state index contributed by atoms with van der Waals surface area (Å²) in [7, 11) is 0. The number of likely N-dealkylation sites (tertiary alicyclic amines) is 1. The summed E-state index contributed by atoms with van der Waals surface area (Å²) in [6, 6.07) is 10.3. The second-order valence-electron chi connectivity index (χ2n) is 5.55. The molecular formula is C17H20N2O. The first kappa shape index (κ1) is 13.0. The molecular weight excluding hydrogens is 248 g/mol. The topological polar surface area (TPSA) is 25.2 Å². The van der Waals surface area contributed by atoms with Gasteiger partial charge in [-0.05, 0) is 44.9 Å². The van der Waals surface area contributed by atoms with Gasteiger partial charge in [0, 0.05) is 30.2 Å². The Morgan fingerprint density at radius 2 is 1.80 bits per heavy atom. The van der Waals surface area contributed by atoms with Crippen molar-refractivity contribution >= 4 is 5.91 Å². The standard InChI is InChI=1S/C17H20N2O/c1-12-7-4-5-8-16(12)19-13(2)11-15(14(19)3)17(20)18-9-6-10-18/h4-5,7-8,11H,6,9-10H2,1-3H3. The quantitative estimate of drug-likeness (QED) is 0.820. The van der Waals surface area contributed by atoms with Crippen molar-refractivity contribution in [2.24, 2.45) is 0 Å². The molecule has 2 heterocycles. The van der Waals surface area contributed by atoms with Gasteiger partial charge in [-0.1, -0.05) is 18.2 Å². The van der Waals surface area contributed by atoms with E-state index in [0.717, 1.165) is 42.1 Å². The Labute approximate surface area is 119 Å². The molecule has 0 radical (unpaired) electrons. The zero-order valence-electron chi connectivity index (χ0n) is 12.3. The molecule has 1 amide bonds. The maximum absolute atomic E-state index is 12.4. The second kappa shape index (κ2) is 4.82. The molecule has 1 aliphatic rings. The molecule has 0 unspecified atom stereocenters. The van der Waals surface area contributed by atoms with Gasteiger partial charge in [0.1, 0.15) is 0 Å². The van der Waals surface area contributed by atoms with Gasteiger partial charge in [0.15, 0.2) is 0 Å². The normalized spacial score (nSPS) is 14.2.